The summed E-state index contributed by atoms with van der Waals surface area (Å²) in [7, 11) is -0.284. The van der Waals surface area contributed by atoms with E-state index in [2.05, 4.69) is 21.1 Å². The molecule has 82 valence electrons. The van der Waals surface area contributed by atoms with Crippen LogP contribution in [0.25, 0.3) is 0 Å². The summed E-state index contributed by atoms with van der Waals surface area (Å²) in [6.45, 7) is 7.28. The molecule has 0 spiro atoms. The Kier molecular flexibility index (Phi) is 9.21. The normalized spacial score (nSPS) is 9.50. The lowest BCUT2D eigenvalue weighted by molar-refractivity contribution is -0.117. The molecule has 0 aromatic carbocycles. The van der Waals surface area contributed by atoms with E-state index in [1.54, 1.807) is 0 Å². The van der Waals surface area contributed by atoms with Crippen molar-refractivity contribution in [2.45, 2.75) is 19.4 Å². The Morgan fingerprint density at radius 3 is 2.21 bits per heavy atom. The van der Waals surface area contributed by atoms with Crippen molar-refractivity contribution in [3.05, 3.63) is 12.7 Å². The van der Waals surface area contributed by atoms with Gasteiger partial charge in [-0.15, -0.1) is 19.0 Å². The number of rotatable bonds is 3. The summed E-state index contributed by atoms with van der Waals surface area (Å²) >= 11 is 0. The fourth-order valence-corrected chi connectivity index (χ4v) is 0.538. The van der Waals surface area contributed by atoms with Crippen molar-refractivity contribution in [2.75, 3.05) is 6.16 Å². The highest BCUT2D eigenvalue weighted by atomic mass is 31.1. The van der Waals surface area contributed by atoms with Crippen LogP contribution in [-0.4, -0.2) is 27.4 Å². The Hall–Kier alpha value is -0.340. The molecule has 1 unspecified atom stereocenters. The molecular weight excluding hydrogens is 224 g/mol. The van der Waals surface area contributed by atoms with Crippen LogP contribution in [0.5, 0.6) is 0 Å². The highest BCUT2D eigenvalue weighted by molar-refractivity contribution is 7.30. The Bertz CT molecular complexity index is 214. The minimum atomic E-state index is -2.87. The van der Waals surface area contributed by atoms with Crippen molar-refractivity contribution in [2.24, 2.45) is 0 Å². The minimum Gasteiger partial charge on any atom is -0.347 e. The number of carbonyl (C=O) groups excluding carboxylic acids is 1. The van der Waals surface area contributed by atoms with E-state index in [0.717, 1.165) is 6.16 Å². The number of carbonyl (C=O) groups is 1. The first-order valence-electron chi connectivity index (χ1n) is 3.75. The second-order valence-corrected chi connectivity index (χ2v) is 3.95. The summed E-state index contributed by atoms with van der Waals surface area (Å²) < 4.78 is 8.70. The number of nitrogens with one attached hydrogen (secondary N) is 1. The number of hydrogen-bond donors (Lipinski definition) is 3. The molecule has 0 aliphatic carbocycles. The summed E-state index contributed by atoms with van der Waals surface area (Å²) in [6.07, 6.45) is 2.12. The Labute approximate surface area is 86.8 Å². The van der Waals surface area contributed by atoms with Gasteiger partial charge in [0.15, 0.2) is 0 Å². The third-order valence-corrected chi connectivity index (χ3v) is 2.18. The Balaban J connectivity index is 0. The molecule has 0 fully saturated rings. The molecular formula is C7H16NO4P2+. The van der Waals surface area contributed by atoms with Gasteiger partial charge in [0, 0.05) is 10.1 Å². The van der Waals surface area contributed by atoms with Crippen LogP contribution >= 0.6 is 17.5 Å². The number of hydrogen-bond acceptors (Lipinski definition) is 2. The fraction of sp³-hybridized carbons (Fsp3) is 0.571. The van der Waals surface area contributed by atoms with Gasteiger partial charge in [0.2, 0.25) is 5.91 Å². The van der Waals surface area contributed by atoms with Gasteiger partial charge >= 0.3 is 8.25 Å². The predicted molar refractivity (Wildman–Crippen MR) is 59.0 cm³/mol. The van der Waals surface area contributed by atoms with Gasteiger partial charge in [-0.3, -0.25) is 4.79 Å². The summed E-state index contributed by atoms with van der Waals surface area (Å²) in [5.74, 6) is -0.118. The molecule has 0 saturated heterocycles. The molecule has 0 aromatic heterocycles. The molecule has 0 radical (unpaired) electrons. The second kappa shape index (κ2) is 8.01. The van der Waals surface area contributed by atoms with Crippen LogP contribution in [0.15, 0.2) is 12.7 Å². The molecule has 0 heterocycles. The topological polar surface area (TPSA) is 86.6 Å². The van der Waals surface area contributed by atoms with Gasteiger partial charge in [0.25, 0.3) is 0 Å². The minimum absolute atomic E-state index is 0.118. The van der Waals surface area contributed by atoms with E-state index in [-0.39, 0.29) is 11.4 Å². The Morgan fingerprint density at radius 1 is 1.64 bits per heavy atom. The van der Waals surface area contributed by atoms with Crippen molar-refractivity contribution in [1.29, 1.82) is 0 Å². The van der Waals surface area contributed by atoms with Gasteiger partial charge in [-0.05, 0) is 26.1 Å². The summed E-state index contributed by atoms with van der Waals surface area (Å²) in [5, 5.41) is 2.78. The van der Waals surface area contributed by atoms with Crippen molar-refractivity contribution in [3.63, 3.8) is 0 Å². The average Bonchev–Trinajstić information content (AvgIpc) is 2.02. The van der Waals surface area contributed by atoms with E-state index in [4.69, 9.17) is 14.4 Å². The van der Waals surface area contributed by atoms with Crippen molar-refractivity contribution >= 4 is 23.4 Å². The average molecular weight is 240 g/mol. The first-order chi connectivity index (χ1) is 6.25. The molecule has 0 aliphatic rings. The van der Waals surface area contributed by atoms with Crippen LogP contribution in [0.2, 0.25) is 0 Å². The van der Waals surface area contributed by atoms with Crippen LogP contribution in [0, 0.1) is 0 Å². The van der Waals surface area contributed by atoms with Gasteiger partial charge in [-0.25, -0.2) is 0 Å². The second-order valence-electron chi connectivity index (χ2n) is 3.03. The van der Waals surface area contributed by atoms with Crippen molar-refractivity contribution in [3.8, 4) is 0 Å². The largest absolute Gasteiger partial charge is 0.692 e. The zero-order valence-electron chi connectivity index (χ0n) is 8.23. The van der Waals surface area contributed by atoms with E-state index >= 15 is 0 Å². The zero-order chi connectivity index (χ0) is 11.8. The monoisotopic (exact) mass is 240 g/mol. The lowest BCUT2D eigenvalue weighted by Gasteiger charge is -2.23. The van der Waals surface area contributed by atoms with Crippen LogP contribution in [0.3, 0.4) is 0 Å². The molecule has 1 amide bonds. The van der Waals surface area contributed by atoms with Gasteiger partial charge in [0.1, 0.15) is 0 Å². The standard InChI is InChI=1S/C7H14NOP.HO3P/c1-4-6(9)8-7(2,3)5-10;1-4(2)3/h4H,1,5,10H2,2-3H3,(H,8,9);(H-,1,2,3)/p+1. The lowest BCUT2D eigenvalue weighted by Crippen LogP contribution is -2.43. The highest BCUT2D eigenvalue weighted by Gasteiger charge is 2.15. The third-order valence-electron chi connectivity index (χ3n) is 1.16. The quantitative estimate of drug-likeness (QED) is 0.497. The first-order valence-corrected chi connectivity index (χ1v) is 5.73. The molecule has 3 N–H and O–H groups in total. The molecule has 0 bridgehead atoms. The van der Waals surface area contributed by atoms with E-state index in [0.29, 0.717) is 0 Å². The molecule has 0 saturated carbocycles. The van der Waals surface area contributed by atoms with Crippen LogP contribution in [0.4, 0.5) is 0 Å². The molecule has 5 nitrogen and oxygen atoms in total. The first kappa shape index (κ1) is 16.1. The maximum atomic E-state index is 10.7. The van der Waals surface area contributed by atoms with Gasteiger partial charge in [-0.2, -0.15) is 0 Å². The summed E-state index contributed by atoms with van der Waals surface area (Å²) in [6, 6.07) is 0. The maximum Gasteiger partial charge on any atom is 0.692 e. The third kappa shape index (κ3) is 14.2. The molecule has 1 atom stereocenters. The SMILES string of the molecule is C=CC(=O)NC(C)(C)CP.O=[P+](O)O. The van der Waals surface area contributed by atoms with Gasteiger partial charge in [0.05, 0.1) is 0 Å². The van der Waals surface area contributed by atoms with Crippen molar-refractivity contribution < 1.29 is 19.1 Å². The molecule has 7 heteroatoms. The predicted octanol–water partition coefficient (Wildman–Crippen LogP) is 0.571. The summed E-state index contributed by atoms with van der Waals surface area (Å²) in [4.78, 5) is 25.0. The maximum absolute atomic E-state index is 10.7. The zero-order valence-corrected chi connectivity index (χ0v) is 10.3. The fourth-order valence-electron chi connectivity index (χ4n) is 0.436. The van der Waals surface area contributed by atoms with Crippen LogP contribution in [0.1, 0.15) is 13.8 Å². The molecule has 0 rings (SSSR count). The van der Waals surface area contributed by atoms with Gasteiger partial charge in [-0.1, -0.05) is 6.58 Å². The van der Waals surface area contributed by atoms with Crippen LogP contribution in [-0.2, 0) is 9.36 Å². The van der Waals surface area contributed by atoms with E-state index in [1.807, 2.05) is 13.8 Å². The summed E-state index contributed by atoms with van der Waals surface area (Å²) in [5.41, 5.74) is -0.143. The smallest absolute Gasteiger partial charge is 0.347 e. The molecule has 0 aromatic rings. The van der Waals surface area contributed by atoms with E-state index in [1.165, 1.54) is 6.08 Å². The Morgan fingerprint density at radius 2 is 2.00 bits per heavy atom. The van der Waals surface area contributed by atoms with Crippen molar-refractivity contribution in [1.82, 2.24) is 5.32 Å². The highest BCUT2D eigenvalue weighted by Crippen LogP contribution is 2.05. The van der Waals surface area contributed by atoms with Crippen LogP contribution < -0.4 is 5.32 Å². The van der Waals surface area contributed by atoms with E-state index < -0.39 is 8.25 Å². The van der Waals surface area contributed by atoms with E-state index in [9.17, 15) is 4.79 Å². The number of amides is 1. The molecule has 14 heavy (non-hydrogen) atoms. The molecule has 0 aliphatic heterocycles. The van der Waals surface area contributed by atoms with Gasteiger partial charge < -0.3 is 5.32 Å². The lowest BCUT2D eigenvalue weighted by atomic mass is 10.1.